The number of aromatic nitrogens is 1. The molecule has 3 aromatic rings. The van der Waals surface area contributed by atoms with Crippen LogP contribution in [0.5, 0.6) is 0 Å². The van der Waals surface area contributed by atoms with Gasteiger partial charge in [0.1, 0.15) is 0 Å². The highest BCUT2D eigenvalue weighted by Crippen LogP contribution is 2.14. The maximum atomic E-state index is 12.0. The lowest BCUT2D eigenvalue weighted by Crippen LogP contribution is -2.17. The van der Waals surface area contributed by atoms with Gasteiger partial charge in [-0.25, -0.2) is 5.43 Å². The normalized spacial score (nSPS) is 10.8. The number of para-hydroxylation sites is 1. The van der Waals surface area contributed by atoms with Crippen molar-refractivity contribution in [2.24, 2.45) is 5.10 Å². The number of aryl methyl sites for hydroxylation is 1. The lowest BCUT2D eigenvalue weighted by molar-refractivity contribution is -0.384. The molecule has 0 atom stereocenters. The molecule has 0 aliphatic rings. The number of hydrogen-bond donors (Lipinski definition) is 1. The van der Waals surface area contributed by atoms with Crippen molar-refractivity contribution in [1.29, 1.82) is 0 Å². The molecule has 7 nitrogen and oxygen atoms in total. The number of amides is 1. The Morgan fingerprint density at radius 3 is 2.50 bits per heavy atom. The summed E-state index contributed by atoms with van der Waals surface area (Å²) in [4.78, 5) is 22.1. The molecular formula is C19H16N4O3. The second-order valence-corrected chi connectivity index (χ2v) is 5.62. The molecule has 7 heteroatoms. The van der Waals surface area contributed by atoms with E-state index in [2.05, 4.69) is 10.5 Å². The molecular weight excluding hydrogens is 332 g/mol. The lowest BCUT2D eigenvalue weighted by Gasteiger charge is -2.04. The van der Waals surface area contributed by atoms with Crippen LogP contribution in [0.4, 0.5) is 5.69 Å². The van der Waals surface area contributed by atoms with Crippen molar-refractivity contribution in [1.82, 2.24) is 9.99 Å². The average Bonchev–Trinajstić information content (AvgIpc) is 3.03. The van der Waals surface area contributed by atoms with E-state index in [-0.39, 0.29) is 5.69 Å². The third-order valence-corrected chi connectivity index (χ3v) is 3.79. The van der Waals surface area contributed by atoms with Crippen molar-refractivity contribution in [2.75, 3.05) is 0 Å². The predicted molar refractivity (Wildman–Crippen MR) is 98.7 cm³/mol. The van der Waals surface area contributed by atoms with Crippen LogP contribution >= 0.6 is 0 Å². The maximum absolute atomic E-state index is 12.0. The molecule has 3 rings (SSSR count). The fourth-order valence-corrected chi connectivity index (χ4v) is 2.50. The van der Waals surface area contributed by atoms with E-state index in [1.807, 2.05) is 54.1 Å². The van der Waals surface area contributed by atoms with Crippen LogP contribution in [0.2, 0.25) is 0 Å². The number of benzene rings is 2. The quantitative estimate of drug-likeness (QED) is 0.435. The second kappa shape index (κ2) is 7.43. The van der Waals surface area contributed by atoms with Crippen LogP contribution in [0, 0.1) is 17.0 Å². The van der Waals surface area contributed by atoms with Crippen LogP contribution in [0.25, 0.3) is 5.69 Å². The maximum Gasteiger partial charge on any atom is 0.271 e. The SMILES string of the molecule is Cc1cc(/C=N\NC(=O)c2ccc([N+](=O)[O-])cc2)cn1-c1ccccc1. The molecule has 0 aliphatic heterocycles. The van der Waals surface area contributed by atoms with Crippen molar-refractivity contribution < 1.29 is 9.72 Å². The molecule has 0 unspecified atom stereocenters. The number of nitrogens with zero attached hydrogens (tertiary/aromatic N) is 3. The van der Waals surface area contributed by atoms with E-state index in [4.69, 9.17) is 0 Å². The van der Waals surface area contributed by atoms with Gasteiger partial charge in [0.15, 0.2) is 0 Å². The Labute approximate surface area is 149 Å². The molecule has 26 heavy (non-hydrogen) atoms. The predicted octanol–water partition coefficient (Wildman–Crippen LogP) is 3.46. The van der Waals surface area contributed by atoms with Crippen molar-refractivity contribution >= 4 is 17.8 Å². The molecule has 1 aromatic heterocycles. The van der Waals surface area contributed by atoms with E-state index in [1.165, 1.54) is 24.3 Å². The van der Waals surface area contributed by atoms with Gasteiger partial charge in [-0.15, -0.1) is 0 Å². The van der Waals surface area contributed by atoms with Gasteiger partial charge in [0.2, 0.25) is 0 Å². The van der Waals surface area contributed by atoms with E-state index in [0.717, 1.165) is 16.9 Å². The molecule has 130 valence electrons. The summed E-state index contributed by atoms with van der Waals surface area (Å²) in [5.74, 6) is -0.435. The number of nitro benzene ring substituents is 1. The topological polar surface area (TPSA) is 89.5 Å². The summed E-state index contributed by atoms with van der Waals surface area (Å²) in [6.45, 7) is 1.99. The molecule has 0 aliphatic carbocycles. The van der Waals surface area contributed by atoms with Crippen LogP contribution in [0.3, 0.4) is 0 Å². The van der Waals surface area contributed by atoms with Crippen molar-refractivity contribution in [3.8, 4) is 5.69 Å². The monoisotopic (exact) mass is 348 g/mol. The smallest absolute Gasteiger partial charge is 0.271 e. The summed E-state index contributed by atoms with van der Waals surface area (Å²) in [6.07, 6.45) is 3.47. The molecule has 0 radical (unpaired) electrons. The van der Waals surface area contributed by atoms with Gasteiger partial charge in [-0.2, -0.15) is 5.10 Å². The van der Waals surface area contributed by atoms with Gasteiger partial charge in [0, 0.05) is 40.8 Å². The van der Waals surface area contributed by atoms with Gasteiger partial charge in [-0.05, 0) is 37.3 Å². The Hall–Kier alpha value is -3.74. The highest BCUT2D eigenvalue weighted by atomic mass is 16.6. The van der Waals surface area contributed by atoms with Crippen molar-refractivity contribution in [3.63, 3.8) is 0 Å². The lowest BCUT2D eigenvalue weighted by atomic mass is 10.2. The third kappa shape index (κ3) is 3.84. The molecule has 0 fully saturated rings. The van der Waals surface area contributed by atoms with Gasteiger partial charge >= 0.3 is 0 Å². The number of carbonyl (C=O) groups is 1. The van der Waals surface area contributed by atoms with Crippen LogP contribution < -0.4 is 5.43 Å². The first-order chi connectivity index (χ1) is 12.5. The van der Waals surface area contributed by atoms with Gasteiger partial charge < -0.3 is 4.57 Å². The number of rotatable bonds is 5. The largest absolute Gasteiger partial charge is 0.321 e. The molecule has 0 saturated carbocycles. The molecule has 1 heterocycles. The minimum Gasteiger partial charge on any atom is -0.321 e. The number of nitrogens with one attached hydrogen (secondary N) is 1. The number of hydrogen-bond acceptors (Lipinski definition) is 4. The van der Waals surface area contributed by atoms with Crippen LogP contribution in [0.15, 0.2) is 72.0 Å². The Morgan fingerprint density at radius 2 is 1.85 bits per heavy atom. The van der Waals surface area contributed by atoms with Gasteiger partial charge in [0.05, 0.1) is 11.1 Å². The summed E-state index contributed by atoms with van der Waals surface area (Å²) < 4.78 is 2.03. The zero-order valence-electron chi connectivity index (χ0n) is 14.0. The standard InChI is InChI=1S/C19H16N4O3/c1-14-11-15(13-22(14)17-5-3-2-4-6-17)12-20-21-19(24)16-7-9-18(10-8-16)23(25)26/h2-13H,1H3,(H,21,24)/b20-12-. The van der Waals surface area contributed by atoms with E-state index >= 15 is 0 Å². The molecule has 1 amide bonds. The van der Waals surface area contributed by atoms with E-state index in [1.54, 1.807) is 6.21 Å². The number of nitro groups is 1. The summed E-state index contributed by atoms with van der Waals surface area (Å²) in [5, 5.41) is 14.6. The molecule has 2 aromatic carbocycles. The minimum absolute atomic E-state index is 0.0669. The Balaban J connectivity index is 1.67. The first-order valence-corrected chi connectivity index (χ1v) is 7.87. The first-order valence-electron chi connectivity index (χ1n) is 7.87. The summed E-state index contributed by atoms with van der Waals surface area (Å²) in [6, 6.07) is 17.2. The Kier molecular flexibility index (Phi) is 4.89. The number of carbonyl (C=O) groups excluding carboxylic acids is 1. The minimum atomic E-state index is -0.514. The fraction of sp³-hybridized carbons (Fsp3) is 0.0526. The Bertz CT molecular complexity index is 960. The third-order valence-electron chi connectivity index (χ3n) is 3.79. The highest BCUT2D eigenvalue weighted by molar-refractivity contribution is 5.95. The Morgan fingerprint density at radius 1 is 1.15 bits per heavy atom. The summed E-state index contributed by atoms with van der Waals surface area (Å²) in [5.41, 5.74) is 5.57. The summed E-state index contributed by atoms with van der Waals surface area (Å²) in [7, 11) is 0. The molecule has 1 N–H and O–H groups in total. The summed E-state index contributed by atoms with van der Waals surface area (Å²) >= 11 is 0. The van der Waals surface area contributed by atoms with E-state index in [0.29, 0.717) is 5.56 Å². The highest BCUT2D eigenvalue weighted by Gasteiger charge is 2.08. The van der Waals surface area contributed by atoms with Gasteiger partial charge in [0.25, 0.3) is 11.6 Å². The van der Waals surface area contributed by atoms with Crippen LogP contribution in [0.1, 0.15) is 21.6 Å². The zero-order valence-corrected chi connectivity index (χ0v) is 14.0. The van der Waals surface area contributed by atoms with Crippen LogP contribution in [-0.2, 0) is 0 Å². The number of non-ortho nitro benzene ring substituents is 1. The van der Waals surface area contributed by atoms with Gasteiger partial charge in [-0.1, -0.05) is 18.2 Å². The molecule has 0 saturated heterocycles. The molecule has 0 bridgehead atoms. The van der Waals surface area contributed by atoms with E-state index < -0.39 is 10.8 Å². The average molecular weight is 348 g/mol. The zero-order chi connectivity index (χ0) is 18.5. The van der Waals surface area contributed by atoms with Crippen molar-refractivity contribution in [3.05, 3.63) is 93.8 Å². The number of hydrazone groups is 1. The first kappa shape index (κ1) is 17.1. The molecule has 0 spiro atoms. The van der Waals surface area contributed by atoms with Crippen LogP contribution in [-0.4, -0.2) is 21.6 Å². The fourth-order valence-electron chi connectivity index (χ4n) is 2.50. The van der Waals surface area contributed by atoms with Gasteiger partial charge in [-0.3, -0.25) is 14.9 Å². The second-order valence-electron chi connectivity index (χ2n) is 5.62. The van der Waals surface area contributed by atoms with Crippen molar-refractivity contribution in [2.45, 2.75) is 6.92 Å². The van der Waals surface area contributed by atoms with E-state index in [9.17, 15) is 14.9 Å².